The van der Waals surface area contributed by atoms with Crippen molar-refractivity contribution >= 4 is 12.0 Å². The summed E-state index contributed by atoms with van der Waals surface area (Å²) < 4.78 is 5.31. The second-order valence-corrected chi connectivity index (χ2v) is 6.33. The third kappa shape index (κ3) is 5.23. The number of likely N-dealkylation sites (N-methyl/N-ethyl adjacent to an activating group) is 1. The lowest BCUT2D eigenvalue weighted by Gasteiger charge is -2.38. The number of rotatable bonds is 2. The molecule has 7 nitrogen and oxygen atoms in total. The van der Waals surface area contributed by atoms with E-state index in [1.165, 1.54) is 9.80 Å². The molecule has 1 unspecified atom stereocenters. The van der Waals surface area contributed by atoms with Crippen LogP contribution in [0, 0.1) is 11.3 Å². The number of nitrogens with zero attached hydrogens (tertiary/aromatic N) is 4. The molecule has 21 heavy (non-hydrogen) atoms. The molecule has 0 aromatic heterocycles. The number of hydrogen-bond acceptors (Lipinski definition) is 5. The molecular weight excluding hydrogens is 272 g/mol. The molecule has 1 rings (SSSR count). The fraction of sp³-hybridized carbons (Fsp3) is 0.786. The zero-order valence-electron chi connectivity index (χ0n) is 13.4. The second-order valence-electron chi connectivity index (χ2n) is 6.33. The summed E-state index contributed by atoms with van der Waals surface area (Å²) in [6, 6.07) is 1.66. The molecular formula is C14H24N4O3. The van der Waals surface area contributed by atoms with Crippen LogP contribution in [0.4, 0.5) is 4.79 Å². The van der Waals surface area contributed by atoms with Gasteiger partial charge in [-0.25, -0.2) is 4.79 Å². The van der Waals surface area contributed by atoms with Gasteiger partial charge in [0.2, 0.25) is 5.91 Å². The van der Waals surface area contributed by atoms with Gasteiger partial charge in [-0.05, 0) is 20.8 Å². The van der Waals surface area contributed by atoms with Gasteiger partial charge in [-0.15, -0.1) is 0 Å². The quantitative estimate of drug-likeness (QED) is 0.742. The largest absolute Gasteiger partial charge is 0.444 e. The molecule has 0 bridgehead atoms. The molecule has 0 aliphatic carbocycles. The average molecular weight is 296 g/mol. The highest BCUT2D eigenvalue weighted by atomic mass is 16.6. The Kier molecular flexibility index (Phi) is 5.55. The van der Waals surface area contributed by atoms with Crippen LogP contribution in [0.25, 0.3) is 0 Å². The van der Waals surface area contributed by atoms with Gasteiger partial charge < -0.3 is 14.5 Å². The fourth-order valence-electron chi connectivity index (χ4n) is 1.94. The third-order valence-electron chi connectivity index (χ3n) is 3.13. The first-order chi connectivity index (χ1) is 9.64. The Labute approximate surface area is 126 Å². The predicted octanol–water partition coefficient (Wildman–Crippen LogP) is 0.519. The monoisotopic (exact) mass is 296 g/mol. The van der Waals surface area contributed by atoms with E-state index >= 15 is 0 Å². The van der Waals surface area contributed by atoms with Gasteiger partial charge in [0.25, 0.3) is 0 Å². The van der Waals surface area contributed by atoms with E-state index in [9.17, 15) is 14.9 Å². The standard InChI is InChI=1S/C14H24N4O3/c1-14(2,3)21-13(20)18-7-6-17(11(8-15)9-18)10-12(19)16(4)5/h11H,6-7,9-10H2,1-5H3. The van der Waals surface area contributed by atoms with E-state index in [-0.39, 0.29) is 19.0 Å². The van der Waals surface area contributed by atoms with Crippen LogP contribution in [-0.4, -0.2) is 78.6 Å². The SMILES string of the molecule is CN(C)C(=O)CN1CCN(C(=O)OC(C)(C)C)CC1C#N. The summed E-state index contributed by atoms with van der Waals surface area (Å²) in [7, 11) is 3.36. The zero-order chi connectivity index (χ0) is 16.2. The number of amides is 2. The summed E-state index contributed by atoms with van der Waals surface area (Å²) in [6.45, 7) is 6.79. The lowest BCUT2D eigenvalue weighted by atomic mass is 10.2. The Balaban J connectivity index is 2.63. The first-order valence-corrected chi connectivity index (χ1v) is 6.96. The summed E-state index contributed by atoms with van der Waals surface area (Å²) in [4.78, 5) is 28.6. The van der Waals surface area contributed by atoms with E-state index in [2.05, 4.69) is 6.07 Å². The van der Waals surface area contributed by atoms with Crippen molar-refractivity contribution in [3.05, 3.63) is 0 Å². The first-order valence-electron chi connectivity index (χ1n) is 6.96. The molecule has 0 spiro atoms. The molecule has 1 atom stereocenters. The summed E-state index contributed by atoms with van der Waals surface area (Å²) in [5.74, 6) is -0.0547. The summed E-state index contributed by atoms with van der Waals surface area (Å²) in [5, 5.41) is 9.25. The maximum Gasteiger partial charge on any atom is 0.410 e. The average Bonchev–Trinajstić information content (AvgIpc) is 2.36. The molecule has 2 amide bonds. The summed E-state index contributed by atoms with van der Waals surface area (Å²) >= 11 is 0. The number of nitriles is 1. The minimum atomic E-state index is -0.558. The Hall–Kier alpha value is -1.81. The van der Waals surface area contributed by atoms with Crippen LogP contribution in [0.5, 0.6) is 0 Å². The Morgan fingerprint density at radius 1 is 1.33 bits per heavy atom. The smallest absolute Gasteiger partial charge is 0.410 e. The lowest BCUT2D eigenvalue weighted by Crippen LogP contribution is -2.56. The molecule has 0 N–H and O–H groups in total. The Morgan fingerprint density at radius 2 is 1.95 bits per heavy atom. The normalized spacial score (nSPS) is 19.8. The van der Waals surface area contributed by atoms with Crippen LogP contribution >= 0.6 is 0 Å². The van der Waals surface area contributed by atoms with Gasteiger partial charge in [0.15, 0.2) is 0 Å². The molecule has 7 heteroatoms. The maximum absolute atomic E-state index is 12.0. The first kappa shape index (κ1) is 17.2. The fourth-order valence-corrected chi connectivity index (χ4v) is 1.94. The minimum absolute atomic E-state index is 0.0547. The van der Waals surface area contributed by atoms with Gasteiger partial charge in [-0.3, -0.25) is 9.69 Å². The van der Waals surface area contributed by atoms with Gasteiger partial charge in [-0.1, -0.05) is 0 Å². The van der Waals surface area contributed by atoms with Gasteiger partial charge >= 0.3 is 6.09 Å². The van der Waals surface area contributed by atoms with Crippen LogP contribution < -0.4 is 0 Å². The van der Waals surface area contributed by atoms with Crippen LogP contribution in [0.15, 0.2) is 0 Å². The number of carbonyl (C=O) groups excluding carboxylic acids is 2. The van der Waals surface area contributed by atoms with Crippen molar-refractivity contribution in [3.63, 3.8) is 0 Å². The molecule has 0 aromatic carbocycles. The Bertz CT molecular complexity index is 436. The van der Waals surface area contributed by atoms with E-state index in [1.54, 1.807) is 39.8 Å². The van der Waals surface area contributed by atoms with Crippen molar-refractivity contribution in [1.29, 1.82) is 5.26 Å². The molecule has 1 aliphatic rings. The highest BCUT2D eigenvalue weighted by Gasteiger charge is 2.32. The van der Waals surface area contributed by atoms with E-state index in [1.807, 2.05) is 0 Å². The van der Waals surface area contributed by atoms with Crippen LogP contribution in [0.3, 0.4) is 0 Å². The van der Waals surface area contributed by atoms with Gasteiger partial charge in [0, 0.05) is 27.2 Å². The van der Waals surface area contributed by atoms with Crippen molar-refractivity contribution in [2.24, 2.45) is 0 Å². The molecule has 0 saturated carbocycles. The molecule has 1 fully saturated rings. The number of piperazine rings is 1. The number of carbonyl (C=O) groups is 2. The van der Waals surface area contributed by atoms with Gasteiger partial charge in [0.1, 0.15) is 11.6 Å². The minimum Gasteiger partial charge on any atom is -0.444 e. The van der Waals surface area contributed by atoms with E-state index in [4.69, 9.17) is 4.74 Å². The number of hydrogen-bond donors (Lipinski definition) is 0. The highest BCUT2D eigenvalue weighted by Crippen LogP contribution is 2.14. The predicted molar refractivity (Wildman–Crippen MR) is 77.5 cm³/mol. The van der Waals surface area contributed by atoms with E-state index in [0.29, 0.717) is 13.1 Å². The van der Waals surface area contributed by atoms with Crippen LogP contribution in [0.2, 0.25) is 0 Å². The summed E-state index contributed by atoms with van der Waals surface area (Å²) in [5.41, 5.74) is -0.558. The van der Waals surface area contributed by atoms with Crippen molar-refractivity contribution in [1.82, 2.24) is 14.7 Å². The van der Waals surface area contributed by atoms with E-state index in [0.717, 1.165) is 0 Å². The molecule has 1 aliphatic heterocycles. The topological polar surface area (TPSA) is 76.9 Å². The van der Waals surface area contributed by atoms with Gasteiger partial charge in [-0.2, -0.15) is 5.26 Å². The summed E-state index contributed by atoms with van der Waals surface area (Å²) in [6.07, 6.45) is -0.415. The van der Waals surface area contributed by atoms with Crippen molar-refractivity contribution in [2.75, 3.05) is 40.3 Å². The Morgan fingerprint density at radius 3 is 2.43 bits per heavy atom. The van der Waals surface area contributed by atoms with Crippen LogP contribution in [0.1, 0.15) is 20.8 Å². The zero-order valence-corrected chi connectivity index (χ0v) is 13.4. The molecule has 0 aromatic rings. The van der Waals surface area contributed by atoms with Gasteiger partial charge in [0.05, 0.1) is 19.2 Å². The molecule has 1 saturated heterocycles. The second kappa shape index (κ2) is 6.76. The molecule has 1 heterocycles. The van der Waals surface area contributed by atoms with Crippen molar-refractivity contribution in [2.45, 2.75) is 32.4 Å². The highest BCUT2D eigenvalue weighted by molar-refractivity contribution is 5.77. The third-order valence-corrected chi connectivity index (χ3v) is 3.13. The van der Waals surface area contributed by atoms with E-state index < -0.39 is 17.7 Å². The lowest BCUT2D eigenvalue weighted by molar-refractivity contribution is -0.130. The van der Waals surface area contributed by atoms with Crippen molar-refractivity contribution in [3.8, 4) is 6.07 Å². The molecule has 118 valence electrons. The molecule has 0 radical (unpaired) electrons. The van der Waals surface area contributed by atoms with Crippen molar-refractivity contribution < 1.29 is 14.3 Å². The number of ether oxygens (including phenoxy) is 1. The maximum atomic E-state index is 12.0. The van der Waals surface area contributed by atoms with Crippen LogP contribution in [-0.2, 0) is 9.53 Å².